The highest BCUT2D eigenvalue weighted by atomic mass is 32.1. The smallest absolute Gasteiger partial charge is 0.339 e. The number of imidazole rings is 1. The average molecular weight is 400 g/mol. The lowest BCUT2D eigenvalue weighted by atomic mass is 9.99. The van der Waals surface area contributed by atoms with Crippen LogP contribution in [0.4, 0.5) is 5.69 Å². The number of esters is 1. The van der Waals surface area contributed by atoms with Gasteiger partial charge in [-0.1, -0.05) is 20.8 Å². The molecule has 150 valence electrons. The Morgan fingerprint density at radius 2 is 1.96 bits per heavy atom. The van der Waals surface area contributed by atoms with E-state index in [1.807, 2.05) is 36.7 Å². The van der Waals surface area contributed by atoms with Gasteiger partial charge in [-0.05, 0) is 43.9 Å². The highest BCUT2D eigenvalue weighted by Crippen LogP contribution is 2.33. The second kappa shape index (κ2) is 8.78. The van der Waals surface area contributed by atoms with Crippen LogP contribution < -0.4 is 4.90 Å². The molecule has 0 atom stereocenters. The summed E-state index contributed by atoms with van der Waals surface area (Å²) >= 11 is 1.73. The van der Waals surface area contributed by atoms with Crippen LogP contribution in [-0.4, -0.2) is 35.6 Å². The maximum absolute atomic E-state index is 12.2. The van der Waals surface area contributed by atoms with Gasteiger partial charge in [0.15, 0.2) is 5.65 Å². The minimum Gasteiger partial charge on any atom is -0.465 e. The number of pyridine rings is 1. The predicted octanol–water partition coefficient (Wildman–Crippen LogP) is 5.42. The number of methoxy groups -OCH3 is 1. The van der Waals surface area contributed by atoms with E-state index in [2.05, 4.69) is 30.9 Å². The molecule has 1 aliphatic rings. The van der Waals surface area contributed by atoms with Crippen LogP contribution in [-0.2, 0) is 4.74 Å². The maximum Gasteiger partial charge on any atom is 0.339 e. The van der Waals surface area contributed by atoms with Crippen LogP contribution in [0.5, 0.6) is 0 Å². The number of carbonyl (C=O) groups is 1. The lowest BCUT2D eigenvalue weighted by Gasteiger charge is -2.32. The normalized spacial score (nSPS) is 14.7. The first-order valence-electron chi connectivity index (χ1n) is 9.98. The first kappa shape index (κ1) is 20.4. The zero-order valence-electron chi connectivity index (χ0n) is 17.4. The van der Waals surface area contributed by atoms with Crippen molar-refractivity contribution in [3.63, 3.8) is 0 Å². The number of fused-ring (bicyclic) bond motifs is 1. The lowest BCUT2D eigenvalue weighted by molar-refractivity contribution is 0.0600. The van der Waals surface area contributed by atoms with Gasteiger partial charge >= 0.3 is 5.97 Å². The molecule has 0 unspecified atom stereocenters. The number of ether oxygens (including phenoxy) is 1. The van der Waals surface area contributed by atoms with E-state index in [0.717, 1.165) is 53.8 Å². The minimum atomic E-state index is -0.319. The summed E-state index contributed by atoms with van der Waals surface area (Å²) < 4.78 is 7.01. The molecule has 0 radical (unpaired) electrons. The third-order valence-corrected chi connectivity index (χ3v) is 6.15. The average Bonchev–Trinajstić information content (AvgIpc) is 3.34. The third kappa shape index (κ3) is 3.92. The van der Waals surface area contributed by atoms with Gasteiger partial charge in [0.05, 0.1) is 35.1 Å². The van der Waals surface area contributed by atoms with Crippen molar-refractivity contribution >= 4 is 28.6 Å². The maximum atomic E-state index is 12.2. The molecule has 0 bridgehead atoms. The first-order chi connectivity index (χ1) is 13.6. The van der Waals surface area contributed by atoms with Crippen LogP contribution in [0, 0.1) is 12.8 Å². The van der Waals surface area contributed by atoms with Gasteiger partial charge in [0.1, 0.15) is 0 Å². The molecule has 4 rings (SSSR count). The molecule has 1 saturated heterocycles. The van der Waals surface area contributed by atoms with Crippen LogP contribution in [0.25, 0.3) is 16.2 Å². The fourth-order valence-electron chi connectivity index (χ4n) is 3.54. The molecular weight excluding hydrogens is 370 g/mol. The van der Waals surface area contributed by atoms with Crippen molar-refractivity contribution in [1.82, 2.24) is 9.38 Å². The molecule has 3 aromatic heterocycles. The minimum absolute atomic E-state index is 0.319. The topological polar surface area (TPSA) is 46.8 Å². The van der Waals surface area contributed by atoms with Crippen molar-refractivity contribution in [1.29, 1.82) is 0 Å². The van der Waals surface area contributed by atoms with Gasteiger partial charge in [0, 0.05) is 24.2 Å². The number of carbonyl (C=O) groups excluding carboxylic acids is 1. The molecule has 4 heterocycles. The summed E-state index contributed by atoms with van der Waals surface area (Å²) in [6.07, 6.45) is 6.06. The summed E-state index contributed by atoms with van der Waals surface area (Å²) in [6, 6.07) is 6.14. The molecule has 1 fully saturated rings. The van der Waals surface area contributed by atoms with Crippen molar-refractivity contribution in [3.05, 3.63) is 41.0 Å². The van der Waals surface area contributed by atoms with Gasteiger partial charge in [0.2, 0.25) is 0 Å². The Balaban J connectivity index is 0.00000109. The van der Waals surface area contributed by atoms with Crippen molar-refractivity contribution in [3.8, 4) is 10.6 Å². The number of hydrogen-bond acceptors (Lipinski definition) is 5. The highest BCUT2D eigenvalue weighted by Gasteiger charge is 2.22. The number of anilines is 1. The highest BCUT2D eigenvalue weighted by molar-refractivity contribution is 7.15. The molecule has 0 amide bonds. The molecule has 0 N–H and O–H groups in total. The van der Waals surface area contributed by atoms with E-state index in [1.165, 1.54) is 12.0 Å². The van der Waals surface area contributed by atoms with Crippen LogP contribution in [0.2, 0.25) is 0 Å². The largest absolute Gasteiger partial charge is 0.465 e. The number of nitrogens with zero attached hydrogens (tertiary/aromatic N) is 3. The summed E-state index contributed by atoms with van der Waals surface area (Å²) in [5, 5.41) is 0. The molecule has 1 aliphatic heterocycles. The standard InChI is InChI=1S/C20H23N3O2S.C2H6/c1-13-6-8-22(9-7-13)16-10-15(20(24)25-3)12-23-17(11-21-19(16)23)18-5-4-14(2)26-18;1-2/h4-5,10-13H,6-9H2,1-3H3;1-2H3. The van der Waals surface area contributed by atoms with E-state index in [9.17, 15) is 4.79 Å². The lowest BCUT2D eigenvalue weighted by Crippen LogP contribution is -2.33. The van der Waals surface area contributed by atoms with Crippen LogP contribution in [0.15, 0.2) is 30.6 Å². The van der Waals surface area contributed by atoms with E-state index in [4.69, 9.17) is 9.72 Å². The number of hydrogen-bond donors (Lipinski definition) is 0. The zero-order valence-corrected chi connectivity index (χ0v) is 18.2. The van der Waals surface area contributed by atoms with E-state index < -0.39 is 0 Å². The Morgan fingerprint density at radius 1 is 1.25 bits per heavy atom. The molecule has 6 heteroatoms. The molecule has 5 nitrogen and oxygen atoms in total. The Labute approximate surface area is 171 Å². The second-order valence-corrected chi connectivity index (χ2v) is 8.31. The zero-order chi connectivity index (χ0) is 20.3. The SMILES string of the molecule is CC.COC(=O)c1cc(N2CCC(C)CC2)c2ncc(-c3ccc(C)s3)n2c1. The monoisotopic (exact) mass is 399 g/mol. The molecule has 0 saturated carbocycles. The molecule has 28 heavy (non-hydrogen) atoms. The Bertz CT molecular complexity index is 952. The van der Waals surface area contributed by atoms with E-state index in [1.54, 1.807) is 11.3 Å². The van der Waals surface area contributed by atoms with Crippen molar-refractivity contribution in [2.24, 2.45) is 5.92 Å². The van der Waals surface area contributed by atoms with Gasteiger partial charge in [0.25, 0.3) is 0 Å². The van der Waals surface area contributed by atoms with E-state index in [0.29, 0.717) is 5.56 Å². The summed E-state index contributed by atoms with van der Waals surface area (Å²) in [4.78, 5) is 21.7. The molecular formula is C22H29N3O2S. The summed E-state index contributed by atoms with van der Waals surface area (Å²) in [5.41, 5.74) is 3.48. The molecule has 0 spiro atoms. The van der Waals surface area contributed by atoms with Gasteiger partial charge in [-0.2, -0.15) is 0 Å². The Hall–Kier alpha value is -2.34. The molecule has 0 aliphatic carbocycles. The fraction of sp³-hybridized carbons (Fsp3) is 0.455. The van der Waals surface area contributed by atoms with Crippen molar-refractivity contribution < 1.29 is 9.53 Å². The van der Waals surface area contributed by atoms with Crippen LogP contribution in [0.3, 0.4) is 0 Å². The van der Waals surface area contributed by atoms with E-state index >= 15 is 0 Å². The van der Waals surface area contributed by atoms with Gasteiger partial charge in [-0.3, -0.25) is 4.40 Å². The summed E-state index contributed by atoms with van der Waals surface area (Å²) in [5.74, 6) is 0.427. The quantitative estimate of drug-likeness (QED) is 0.552. The predicted molar refractivity (Wildman–Crippen MR) is 117 cm³/mol. The summed E-state index contributed by atoms with van der Waals surface area (Å²) in [7, 11) is 1.42. The third-order valence-electron chi connectivity index (χ3n) is 5.12. The van der Waals surface area contributed by atoms with Crippen LogP contribution >= 0.6 is 11.3 Å². The van der Waals surface area contributed by atoms with Crippen LogP contribution in [0.1, 0.15) is 48.8 Å². The van der Waals surface area contributed by atoms with E-state index in [-0.39, 0.29) is 5.97 Å². The number of aryl methyl sites for hydroxylation is 1. The first-order valence-corrected chi connectivity index (χ1v) is 10.8. The molecule has 3 aromatic rings. The Morgan fingerprint density at radius 3 is 2.57 bits per heavy atom. The number of thiophene rings is 1. The fourth-order valence-corrected chi connectivity index (χ4v) is 4.41. The number of piperidine rings is 1. The van der Waals surface area contributed by atoms with Gasteiger partial charge in [-0.25, -0.2) is 9.78 Å². The number of rotatable bonds is 3. The van der Waals surface area contributed by atoms with Crippen molar-refractivity contribution in [2.45, 2.75) is 40.5 Å². The Kier molecular flexibility index (Phi) is 6.39. The van der Waals surface area contributed by atoms with Gasteiger partial charge in [-0.15, -0.1) is 11.3 Å². The molecule has 0 aromatic carbocycles. The van der Waals surface area contributed by atoms with Gasteiger partial charge < -0.3 is 9.64 Å². The van der Waals surface area contributed by atoms with Crippen molar-refractivity contribution in [2.75, 3.05) is 25.1 Å². The summed E-state index contributed by atoms with van der Waals surface area (Å²) in [6.45, 7) is 10.4. The second-order valence-electron chi connectivity index (χ2n) is 7.02. The number of aromatic nitrogens is 2.